The molecule has 3 aliphatic heterocycles. The number of piperazine rings is 2. The molecule has 0 aliphatic carbocycles. The number of anilines is 2. The van der Waals surface area contributed by atoms with E-state index in [1.54, 1.807) is 41.0 Å². The third-order valence-electron chi connectivity index (χ3n) is 7.53. The Kier molecular flexibility index (Phi) is 6.86. The first-order valence-corrected chi connectivity index (χ1v) is 12.6. The van der Waals surface area contributed by atoms with Crippen LogP contribution in [0.5, 0.6) is 0 Å². The predicted molar refractivity (Wildman–Crippen MR) is 135 cm³/mol. The molecular formula is C26H30FN5O5. The van der Waals surface area contributed by atoms with Crippen LogP contribution in [0.2, 0.25) is 0 Å². The summed E-state index contributed by atoms with van der Waals surface area (Å²) in [7, 11) is 0. The van der Waals surface area contributed by atoms with Gasteiger partial charge in [0.05, 0.1) is 23.5 Å². The lowest BCUT2D eigenvalue weighted by Gasteiger charge is -2.50. The first-order valence-electron chi connectivity index (χ1n) is 12.6. The maximum absolute atomic E-state index is 13.9. The number of rotatable bonds is 4. The van der Waals surface area contributed by atoms with Crippen molar-refractivity contribution in [1.82, 2.24) is 9.80 Å². The van der Waals surface area contributed by atoms with Crippen LogP contribution in [0.1, 0.15) is 12.5 Å². The van der Waals surface area contributed by atoms with Gasteiger partial charge in [-0.05, 0) is 49.2 Å². The number of benzene rings is 2. The smallest absolute Gasteiger partial charge is 0.409 e. The van der Waals surface area contributed by atoms with Gasteiger partial charge in [0.25, 0.3) is 5.69 Å². The van der Waals surface area contributed by atoms with Crippen molar-refractivity contribution in [2.24, 2.45) is 5.92 Å². The van der Waals surface area contributed by atoms with E-state index in [4.69, 9.17) is 4.74 Å². The molecule has 0 saturated carbocycles. The Morgan fingerprint density at radius 3 is 2.41 bits per heavy atom. The Morgan fingerprint density at radius 1 is 1.03 bits per heavy atom. The van der Waals surface area contributed by atoms with Crippen molar-refractivity contribution in [3.63, 3.8) is 0 Å². The molecule has 0 spiro atoms. The fraction of sp³-hybridized carbons (Fsp3) is 0.462. The van der Waals surface area contributed by atoms with Gasteiger partial charge in [-0.2, -0.15) is 0 Å². The molecule has 2 aromatic rings. The van der Waals surface area contributed by atoms with E-state index in [1.165, 1.54) is 18.2 Å². The standard InChI is InChI=1S/C26H30FN5O5/c1-2-37-26(34)29-11-9-28(10-12-29)25(33)22-16-18-15-21(32(35)36)7-8-23(18)31-14-13-30(17-24(22)31)20-5-3-19(27)4-6-20/h3-8,15,22,24H,2,9-14,16-17H2,1H3/t22-,24+/m1/s1. The van der Waals surface area contributed by atoms with Gasteiger partial charge in [-0.3, -0.25) is 14.9 Å². The topological polar surface area (TPSA) is 99.5 Å². The number of halogens is 1. The number of non-ortho nitro benzene ring substituents is 1. The molecule has 196 valence electrons. The molecule has 0 aromatic heterocycles. The summed E-state index contributed by atoms with van der Waals surface area (Å²) in [5, 5.41) is 11.4. The van der Waals surface area contributed by atoms with Gasteiger partial charge in [-0.25, -0.2) is 9.18 Å². The van der Waals surface area contributed by atoms with Gasteiger partial charge in [0.15, 0.2) is 0 Å². The van der Waals surface area contributed by atoms with Crippen molar-refractivity contribution in [2.75, 3.05) is 62.2 Å². The molecule has 11 heteroatoms. The fourth-order valence-electron chi connectivity index (χ4n) is 5.65. The number of amides is 2. The van der Waals surface area contributed by atoms with Crippen molar-refractivity contribution in [1.29, 1.82) is 0 Å². The zero-order valence-electron chi connectivity index (χ0n) is 20.7. The van der Waals surface area contributed by atoms with E-state index in [0.29, 0.717) is 58.8 Å². The first-order chi connectivity index (χ1) is 17.9. The number of ether oxygens (including phenoxy) is 1. The molecule has 3 heterocycles. The second kappa shape index (κ2) is 10.2. The van der Waals surface area contributed by atoms with Crippen LogP contribution >= 0.6 is 0 Å². The van der Waals surface area contributed by atoms with Gasteiger partial charge in [-0.15, -0.1) is 0 Å². The van der Waals surface area contributed by atoms with Crippen LogP contribution in [0.4, 0.5) is 26.2 Å². The van der Waals surface area contributed by atoms with Crippen molar-refractivity contribution in [3.05, 3.63) is 64.0 Å². The zero-order valence-corrected chi connectivity index (χ0v) is 20.7. The summed E-state index contributed by atoms with van der Waals surface area (Å²) < 4.78 is 18.6. The van der Waals surface area contributed by atoms with Gasteiger partial charge in [-0.1, -0.05) is 0 Å². The summed E-state index contributed by atoms with van der Waals surface area (Å²) >= 11 is 0. The Bertz CT molecular complexity index is 1180. The maximum atomic E-state index is 13.9. The van der Waals surface area contributed by atoms with Gasteiger partial charge in [0.2, 0.25) is 5.91 Å². The van der Waals surface area contributed by atoms with Crippen LogP contribution in [0.3, 0.4) is 0 Å². The molecule has 0 unspecified atom stereocenters. The van der Waals surface area contributed by atoms with Crippen LogP contribution in [0.25, 0.3) is 0 Å². The SMILES string of the molecule is CCOC(=O)N1CCN(C(=O)[C@@H]2Cc3cc([N+](=O)[O-])ccc3N3CCN(c4ccc(F)cc4)C[C@@H]23)CC1. The number of hydrogen-bond donors (Lipinski definition) is 0. The lowest BCUT2D eigenvalue weighted by atomic mass is 9.82. The number of carbonyl (C=O) groups is 2. The summed E-state index contributed by atoms with van der Waals surface area (Å²) in [5.41, 5.74) is 2.62. The second-order valence-electron chi connectivity index (χ2n) is 9.58. The lowest BCUT2D eigenvalue weighted by molar-refractivity contribution is -0.384. The number of fused-ring (bicyclic) bond motifs is 3. The summed E-state index contributed by atoms with van der Waals surface area (Å²) in [6, 6.07) is 11.1. The molecule has 0 radical (unpaired) electrons. The van der Waals surface area contributed by atoms with Crippen molar-refractivity contribution in [2.45, 2.75) is 19.4 Å². The fourth-order valence-corrected chi connectivity index (χ4v) is 5.65. The average molecular weight is 512 g/mol. The van der Waals surface area contributed by atoms with E-state index in [1.807, 2.05) is 0 Å². The second-order valence-corrected chi connectivity index (χ2v) is 9.58. The van der Waals surface area contributed by atoms with E-state index in [-0.39, 0.29) is 29.5 Å². The number of hydrogen-bond acceptors (Lipinski definition) is 7. The number of nitro groups is 1. The third kappa shape index (κ3) is 4.90. The van der Waals surface area contributed by atoms with Crippen LogP contribution < -0.4 is 9.80 Å². The lowest BCUT2D eigenvalue weighted by Crippen LogP contribution is -2.62. The van der Waals surface area contributed by atoms with Gasteiger partial charge in [0, 0.05) is 69.3 Å². The molecule has 2 atom stereocenters. The monoisotopic (exact) mass is 511 g/mol. The zero-order chi connectivity index (χ0) is 26.1. The molecule has 10 nitrogen and oxygen atoms in total. The minimum atomic E-state index is -0.412. The molecule has 5 rings (SSSR count). The molecule has 0 bridgehead atoms. The van der Waals surface area contributed by atoms with Gasteiger partial charge >= 0.3 is 6.09 Å². The highest BCUT2D eigenvalue weighted by atomic mass is 19.1. The molecule has 37 heavy (non-hydrogen) atoms. The minimum Gasteiger partial charge on any atom is -0.450 e. The van der Waals surface area contributed by atoms with Gasteiger partial charge in [0.1, 0.15) is 5.82 Å². The largest absolute Gasteiger partial charge is 0.450 e. The Hall–Kier alpha value is -3.89. The number of carbonyl (C=O) groups excluding carboxylic acids is 2. The quantitative estimate of drug-likeness (QED) is 0.460. The number of nitrogens with zero attached hydrogens (tertiary/aromatic N) is 5. The normalized spacial score (nSPS) is 21.2. The van der Waals surface area contributed by atoms with E-state index in [2.05, 4.69) is 9.80 Å². The molecule has 2 aromatic carbocycles. The average Bonchev–Trinajstić information content (AvgIpc) is 2.92. The molecule has 2 amide bonds. The third-order valence-corrected chi connectivity index (χ3v) is 7.53. The Labute approximate surface area is 214 Å². The van der Waals surface area contributed by atoms with Crippen LogP contribution in [-0.4, -0.2) is 85.2 Å². The minimum absolute atomic E-state index is 0.0106. The van der Waals surface area contributed by atoms with Crippen molar-refractivity contribution < 1.29 is 23.6 Å². The van der Waals surface area contributed by atoms with Crippen LogP contribution in [0, 0.1) is 21.8 Å². The van der Waals surface area contributed by atoms with E-state index < -0.39 is 10.8 Å². The molecular weight excluding hydrogens is 481 g/mol. The van der Waals surface area contributed by atoms with Crippen LogP contribution in [-0.2, 0) is 16.0 Å². The molecule has 2 fully saturated rings. The Balaban J connectivity index is 1.40. The van der Waals surface area contributed by atoms with E-state index >= 15 is 0 Å². The first kappa shape index (κ1) is 24.8. The van der Waals surface area contributed by atoms with Crippen LogP contribution in [0.15, 0.2) is 42.5 Å². The predicted octanol–water partition coefficient (Wildman–Crippen LogP) is 2.90. The van der Waals surface area contributed by atoms with Crippen molar-refractivity contribution >= 4 is 29.1 Å². The highest BCUT2D eigenvalue weighted by Crippen LogP contribution is 2.39. The summed E-state index contributed by atoms with van der Waals surface area (Å²) in [6.07, 6.45) is 0.0220. The van der Waals surface area contributed by atoms with E-state index in [9.17, 15) is 24.1 Å². The summed E-state index contributed by atoms with van der Waals surface area (Å²) in [6.45, 7) is 5.55. The number of nitro benzene ring substituents is 1. The van der Waals surface area contributed by atoms with Crippen molar-refractivity contribution in [3.8, 4) is 0 Å². The highest BCUT2D eigenvalue weighted by Gasteiger charge is 2.44. The molecule has 2 saturated heterocycles. The van der Waals surface area contributed by atoms with Gasteiger partial charge < -0.3 is 24.3 Å². The highest BCUT2D eigenvalue weighted by molar-refractivity contribution is 5.83. The van der Waals surface area contributed by atoms with E-state index in [0.717, 1.165) is 16.9 Å². The molecule has 3 aliphatic rings. The molecule has 0 N–H and O–H groups in total. The summed E-state index contributed by atoms with van der Waals surface area (Å²) in [4.78, 5) is 44.7. The summed E-state index contributed by atoms with van der Waals surface area (Å²) in [5.74, 6) is -0.728. The maximum Gasteiger partial charge on any atom is 0.409 e. The Morgan fingerprint density at radius 2 is 1.73 bits per heavy atom.